The van der Waals surface area contributed by atoms with Crippen molar-refractivity contribution in [2.75, 3.05) is 0 Å². The summed E-state index contributed by atoms with van der Waals surface area (Å²) in [6, 6.07) is -0.270. The second-order valence-corrected chi connectivity index (χ2v) is 5.96. The molecule has 2 N–H and O–H groups in total. The van der Waals surface area contributed by atoms with Crippen molar-refractivity contribution in [2.24, 2.45) is 17.6 Å². The van der Waals surface area contributed by atoms with Gasteiger partial charge in [0.1, 0.15) is 0 Å². The van der Waals surface area contributed by atoms with Gasteiger partial charge in [-0.25, -0.2) is 0 Å². The average Bonchev–Trinajstić information content (AvgIpc) is 2.37. The second-order valence-electron chi connectivity index (χ2n) is 5.96. The van der Waals surface area contributed by atoms with E-state index in [2.05, 4.69) is 6.92 Å². The van der Waals surface area contributed by atoms with Crippen molar-refractivity contribution >= 4 is 0 Å². The molecule has 0 bridgehead atoms. The fourth-order valence-electron chi connectivity index (χ4n) is 3.28. The van der Waals surface area contributed by atoms with Crippen LogP contribution < -0.4 is 5.73 Å². The molecule has 1 nitrogen and oxygen atoms in total. The van der Waals surface area contributed by atoms with Crippen LogP contribution in [0, 0.1) is 11.8 Å². The van der Waals surface area contributed by atoms with Crippen LogP contribution >= 0.6 is 0 Å². The van der Waals surface area contributed by atoms with Crippen molar-refractivity contribution in [3.63, 3.8) is 0 Å². The Labute approximate surface area is 115 Å². The van der Waals surface area contributed by atoms with Gasteiger partial charge in [-0.2, -0.15) is 13.2 Å². The Morgan fingerprint density at radius 1 is 1.05 bits per heavy atom. The molecule has 0 radical (unpaired) electrons. The largest absolute Gasteiger partial charge is 0.392 e. The van der Waals surface area contributed by atoms with E-state index in [9.17, 15) is 13.2 Å². The van der Waals surface area contributed by atoms with Crippen LogP contribution in [0.25, 0.3) is 0 Å². The molecule has 0 amide bonds. The zero-order chi connectivity index (χ0) is 14.3. The van der Waals surface area contributed by atoms with Crippen molar-refractivity contribution in [3.8, 4) is 0 Å². The van der Waals surface area contributed by atoms with Gasteiger partial charge in [0.05, 0.1) is 5.92 Å². The lowest BCUT2D eigenvalue weighted by molar-refractivity contribution is -0.198. The maximum atomic E-state index is 13.0. The summed E-state index contributed by atoms with van der Waals surface area (Å²) >= 11 is 0. The van der Waals surface area contributed by atoms with Gasteiger partial charge >= 0.3 is 6.18 Å². The van der Waals surface area contributed by atoms with Gasteiger partial charge in [0, 0.05) is 6.04 Å². The summed E-state index contributed by atoms with van der Waals surface area (Å²) in [7, 11) is 0. The third kappa shape index (κ3) is 5.72. The topological polar surface area (TPSA) is 26.0 Å². The van der Waals surface area contributed by atoms with E-state index >= 15 is 0 Å². The van der Waals surface area contributed by atoms with Gasteiger partial charge in [-0.05, 0) is 25.2 Å². The molecule has 0 saturated heterocycles. The van der Waals surface area contributed by atoms with Crippen molar-refractivity contribution in [2.45, 2.75) is 83.4 Å². The summed E-state index contributed by atoms with van der Waals surface area (Å²) in [5.41, 5.74) is 6.05. The van der Waals surface area contributed by atoms with Crippen LogP contribution in [-0.2, 0) is 0 Å². The molecule has 1 aliphatic carbocycles. The first kappa shape index (κ1) is 16.8. The summed E-state index contributed by atoms with van der Waals surface area (Å²) < 4.78 is 39.0. The molecule has 1 rings (SSSR count). The van der Waals surface area contributed by atoms with E-state index in [0.717, 1.165) is 25.7 Å². The lowest BCUT2D eigenvalue weighted by Crippen LogP contribution is -2.43. The van der Waals surface area contributed by atoms with E-state index in [4.69, 9.17) is 5.73 Å². The van der Waals surface area contributed by atoms with Crippen LogP contribution in [0.4, 0.5) is 13.2 Å². The number of hydrogen-bond donors (Lipinski definition) is 1. The van der Waals surface area contributed by atoms with Gasteiger partial charge in [0.15, 0.2) is 0 Å². The molecule has 1 fully saturated rings. The van der Waals surface area contributed by atoms with Crippen molar-refractivity contribution in [1.82, 2.24) is 0 Å². The molecule has 0 aromatic carbocycles. The number of halogens is 3. The fraction of sp³-hybridized carbons (Fsp3) is 1.00. The molecular weight excluding hydrogens is 251 g/mol. The Kier molecular flexibility index (Phi) is 7.19. The normalized spacial score (nSPS) is 26.4. The van der Waals surface area contributed by atoms with Crippen LogP contribution in [-0.4, -0.2) is 12.2 Å². The van der Waals surface area contributed by atoms with Crippen molar-refractivity contribution in [3.05, 3.63) is 0 Å². The Morgan fingerprint density at radius 2 is 1.68 bits per heavy atom. The van der Waals surface area contributed by atoms with Crippen LogP contribution in [0.2, 0.25) is 0 Å². The highest BCUT2D eigenvalue weighted by Gasteiger charge is 2.46. The quantitative estimate of drug-likeness (QED) is 0.649. The smallest absolute Gasteiger partial charge is 0.327 e. The number of alkyl halides is 3. The minimum atomic E-state index is -4.06. The minimum absolute atomic E-state index is 0.270. The maximum Gasteiger partial charge on any atom is 0.392 e. The molecule has 3 atom stereocenters. The zero-order valence-corrected chi connectivity index (χ0v) is 12.0. The first-order valence-corrected chi connectivity index (χ1v) is 7.79. The highest BCUT2D eigenvalue weighted by atomic mass is 19.4. The van der Waals surface area contributed by atoms with Gasteiger partial charge in [0.25, 0.3) is 0 Å². The average molecular weight is 279 g/mol. The molecule has 3 unspecified atom stereocenters. The van der Waals surface area contributed by atoms with E-state index in [1.54, 1.807) is 0 Å². The summed E-state index contributed by atoms with van der Waals surface area (Å²) in [5, 5.41) is 0. The lowest BCUT2D eigenvalue weighted by atomic mass is 9.74. The molecule has 4 heteroatoms. The molecule has 19 heavy (non-hydrogen) atoms. The van der Waals surface area contributed by atoms with E-state index in [1.807, 2.05) is 0 Å². The van der Waals surface area contributed by atoms with Crippen LogP contribution in [0.5, 0.6) is 0 Å². The van der Waals surface area contributed by atoms with Crippen LogP contribution in [0.3, 0.4) is 0 Å². The third-order valence-electron chi connectivity index (χ3n) is 4.43. The number of rotatable bonds is 7. The lowest BCUT2D eigenvalue weighted by Gasteiger charge is -2.36. The summed E-state index contributed by atoms with van der Waals surface area (Å²) in [6.07, 6.45) is 4.87. The van der Waals surface area contributed by atoms with Crippen molar-refractivity contribution in [1.29, 1.82) is 0 Å². The molecule has 0 aliphatic heterocycles. The molecule has 114 valence electrons. The Bertz CT molecular complexity index is 240. The number of nitrogens with two attached hydrogens (primary N) is 1. The molecule has 0 spiro atoms. The van der Waals surface area contributed by atoms with Crippen LogP contribution in [0.1, 0.15) is 71.1 Å². The Morgan fingerprint density at radius 3 is 2.32 bits per heavy atom. The second kappa shape index (κ2) is 8.13. The summed E-state index contributed by atoms with van der Waals surface area (Å²) in [4.78, 5) is 0. The zero-order valence-electron chi connectivity index (χ0n) is 12.0. The molecule has 0 aromatic rings. The first-order chi connectivity index (χ1) is 8.96. The molecule has 1 saturated carbocycles. The van der Waals surface area contributed by atoms with Gasteiger partial charge in [-0.1, -0.05) is 51.9 Å². The molecule has 1 aliphatic rings. The maximum absolute atomic E-state index is 13.0. The Hall–Kier alpha value is -0.250. The van der Waals surface area contributed by atoms with Gasteiger partial charge < -0.3 is 5.73 Å². The first-order valence-electron chi connectivity index (χ1n) is 7.79. The highest BCUT2D eigenvalue weighted by molar-refractivity contribution is 4.86. The van der Waals surface area contributed by atoms with Crippen molar-refractivity contribution < 1.29 is 13.2 Å². The third-order valence-corrected chi connectivity index (χ3v) is 4.43. The number of unbranched alkanes of at least 4 members (excludes halogenated alkanes) is 4. The molecular formula is C15H28F3N. The Balaban J connectivity index is 2.37. The fourth-order valence-corrected chi connectivity index (χ4v) is 3.28. The van der Waals surface area contributed by atoms with E-state index in [1.165, 1.54) is 19.3 Å². The van der Waals surface area contributed by atoms with Gasteiger partial charge in [-0.3, -0.25) is 0 Å². The molecule has 0 heterocycles. The highest BCUT2D eigenvalue weighted by Crippen LogP contribution is 2.43. The van der Waals surface area contributed by atoms with E-state index in [0.29, 0.717) is 12.8 Å². The number of hydrogen-bond acceptors (Lipinski definition) is 1. The standard InChI is InChI=1S/C15H28F3N/c1-2-3-4-5-6-11-14(19)12-9-7-8-10-13(12)15(16,17)18/h12-14H,2-11,19H2,1H3. The van der Waals surface area contributed by atoms with E-state index < -0.39 is 12.1 Å². The van der Waals surface area contributed by atoms with Gasteiger partial charge in [0.2, 0.25) is 0 Å². The van der Waals surface area contributed by atoms with Crippen LogP contribution in [0.15, 0.2) is 0 Å². The van der Waals surface area contributed by atoms with E-state index in [-0.39, 0.29) is 18.4 Å². The monoisotopic (exact) mass is 279 g/mol. The molecule has 0 aromatic heterocycles. The van der Waals surface area contributed by atoms with Gasteiger partial charge in [-0.15, -0.1) is 0 Å². The minimum Gasteiger partial charge on any atom is -0.327 e. The summed E-state index contributed by atoms with van der Waals surface area (Å²) in [5.74, 6) is -1.51. The predicted molar refractivity (Wildman–Crippen MR) is 72.9 cm³/mol. The predicted octanol–water partition coefficient (Wildman–Crippen LogP) is 5.04. The summed E-state index contributed by atoms with van der Waals surface area (Å²) in [6.45, 7) is 2.15. The SMILES string of the molecule is CCCCCCCC(N)C1CCCCC1C(F)(F)F.